The number of amides is 2. The van der Waals surface area contributed by atoms with Gasteiger partial charge in [-0.1, -0.05) is 0 Å². The van der Waals surface area contributed by atoms with Crippen LogP contribution in [0.5, 0.6) is 5.75 Å². The molecule has 1 aromatic carbocycles. The number of methoxy groups -OCH3 is 1. The molecule has 3 aliphatic heterocycles. The van der Waals surface area contributed by atoms with Gasteiger partial charge in [0, 0.05) is 44.4 Å². The summed E-state index contributed by atoms with van der Waals surface area (Å²) in [7, 11) is 1.54. The third kappa shape index (κ3) is 4.26. The van der Waals surface area contributed by atoms with Gasteiger partial charge in [0.2, 0.25) is 5.43 Å². The lowest BCUT2D eigenvalue weighted by atomic mass is 9.99. The second-order valence-electron chi connectivity index (χ2n) is 10.0. The van der Waals surface area contributed by atoms with Gasteiger partial charge in [-0.25, -0.2) is 8.78 Å². The van der Waals surface area contributed by atoms with Gasteiger partial charge in [0.1, 0.15) is 29.3 Å². The van der Waals surface area contributed by atoms with Gasteiger partial charge in [-0.2, -0.15) is 0 Å². The largest absolute Gasteiger partial charge is 0.503 e. The van der Waals surface area contributed by atoms with Crippen LogP contribution in [0.1, 0.15) is 57.8 Å². The van der Waals surface area contributed by atoms with E-state index in [2.05, 4.69) is 5.32 Å². The van der Waals surface area contributed by atoms with Crippen molar-refractivity contribution in [3.05, 3.63) is 62.6 Å². The molecule has 4 heterocycles. The van der Waals surface area contributed by atoms with Crippen molar-refractivity contribution < 1.29 is 37.7 Å². The molecule has 2 fully saturated rings. The maximum absolute atomic E-state index is 14.3. The minimum Gasteiger partial charge on any atom is -0.503 e. The van der Waals surface area contributed by atoms with Crippen LogP contribution >= 0.6 is 0 Å². The molecule has 4 atom stereocenters. The fraction of sp³-hybridized carbons (Fsp3) is 0.500. The monoisotopic (exact) mass is 533 g/mol. The van der Waals surface area contributed by atoms with Crippen molar-refractivity contribution in [2.45, 2.75) is 57.2 Å². The number of aromatic hydroxyl groups is 1. The third-order valence-corrected chi connectivity index (χ3v) is 7.52. The number of hydrogen-bond donors (Lipinski definition) is 2. The van der Waals surface area contributed by atoms with E-state index in [0.29, 0.717) is 18.4 Å². The number of hydrogen-bond acceptors (Lipinski definition) is 7. The van der Waals surface area contributed by atoms with Crippen LogP contribution < -0.4 is 10.7 Å². The molecule has 2 N–H and O–H groups in total. The number of aromatic nitrogens is 1. The summed E-state index contributed by atoms with van der Waals surface area (Å²) in [6.45, 7) is 3.57. The van der Waals surface area contributed by atoms with E-state index >= 15 is 0 Å². The van der Waals surface area contributed by atoms with E-state index in [9.17, 15) is 28.3 Å². The molecule has 5 rings (SSSR count). The van der Waals surface area contributed by atoms with Crippen molar-refractivity contribution in [2.75, 3.05) is 26.9 Å². The highest BCUT2D eigenvalue weighted by Gasteiger charge is 2.55. The van der Waals surface area contributed by atoms with Crippen molar-refractivity contribution in [1.82, 2.24) is 14.8 Å². The van der Waals surface area contributed by atoms with Crippen LogP contribution in [0.15, 0.2) is 23.1 Å². The smallest absolute Gasteiger partial charge is 0.274 e. The van der Waals surface area contributed by atoms with E-state index in [1.807, 2.05) is 6.92 Å². The molecule has 2 saturated heterocycles. The number of benzene rings is 1. The maximum atomic E-state index is 14.3. The fourth-order valence-corrected chi connectivity index (χ4v) is 5.52. The number of halogens is 2. The van der Waals surface area contributed by atoms with Crippen molar-refractivity contribution >= 4 is 11.8 Å². The number of aryl methyl sites for hydroxylation is 1. The van der Waals surface area contributed by atoms with Gasteiger partial charge in [-0.05, 0) is 38.0 Å². The number of carbonyl (C=O) groups excluding carboxylic acids is 2. The minimum absolute atomic E-state index is 0.163. The Hall–Kier alpha value is -3.35. The summed E-state index contributed by atoms with van der Waals surface area (Å²) >= 11 is 0. The summed E-state index contributed by atoms with van der Waals surface area (Å²) in [6.07, 6.45) is 1.78. The molecule has 3 aliphatic rings. The second kappa shape index (κ2) is 9.75. The first-order valence-corrected chi connectivity index (χ1v) is 12.4. The molecule has 1 spiro atoms. The number of rotatable bonds is 5. The van der Waals surface area contributed by atoms with Gasteiger partial charge in [-0.3, -0.25) is 14.4 Å². The molecule has 12 heteroatoms. The van der Waals surface area contributed by atoms with E-state index in [-0.39, 0.29) is 43.2 Å². The standard InChI is InChI=1S/C26H29F2N3O7/c1-13-6-18(27)16(19(28)7-13)8-29-24(34)17-9-31-20-10-30(25(35)21(31)23(33)22(17)32)14(2)4-5-26(20)37-12-15(38-26)11-36-3/h6-7,9,14-15,20,33H,4-5,8,10-12H2,1-3H3,(H,29,34)/t14-,15-,20+,26+/m0/s1. The minimum atomic E-state index is -1.19. The van der Waals surface area contributed by atoms with E-state index in [1.165, 1.54) is 17.7 Å². The van der Waals surface area contributed by atoms with Crippen molar-refractivity contribution in [1.29, 1.82) is 0 Å². The predicted octanol–water partition coefficient (Wildman–Crippen LogP) is 2.01. The Morgan fingerprint density at radius 3 is 2.68 bits per heavy atom. The zero-order valence-electron chi connectivity index (χ0n) is 21.3. The molecule has 2 aromatic rings. The van der Waals surface area contributed by atoms with Crippen LogP contribution in [-0.2, 0) is 20.8 Å². The van der Waals surface area contributed by atoms with Crippen LogP contribution in [0.2, 0.25) is 0 Å². The van der Waals surface area contributed by atoms with Crippen molar-refractivity contribution in [3.63, 3.8) is 0 Å². The zero-order valence-corrected chi connectivity index (χ0v) is 21.3. The Morgan fingerprint density at radius 2 is 2.00 bits per heavy atom. The maximum Gasteiger partial charge on any atom is 0.274 e. The topological polar surface area (TPSA) is 119 Å². The number of nitrogens with one attached hydrogen (secondary N) is 1. The van der Waals surface area contributed by atoms with Crippen LogP contribution in [0, 0.1) is 18.6 Å². The summed E-state index contributed by atoms with van der Waals surface area (Å²) < 4.78 is 47.6. The van der Waals surface area contributed by atoms with E-state index in [1.54, 1.807) is 12.0 Å². The number of fused-ring (bicyclic) bond motifs is 5. The fourth-order valence-electron chi connectivity index (χ4n) is 5.52. The molecule has 1 aromatic heterocycles. The normalized spacial score (nSPS) is 26.4. The molecule has 204 valence electrons. The first-order valence-electron chi connectivity index (χ1n) is 12.4. The van der Waals surface area contributed by atoms with E-state index in [0.717, 1.165) is 12.1 Å². The highest BCUT2D eigenvalue weighted by Crippen LogP contribution is 2.45. The Morgan fingerprint density at radius 1 is 1.29 bits per heavy atom. The van der Waals surface area contributed by atoms with Gasteiger partial charge in [0.05, 0.1) is 13.2 Å². The SMILES string of the molecule is COC[C@H]1CO[C@]2(CC[C@H](C)N3C[C@H]2n2cc(C(=O)NCc4c(F)cc(C)cc4F)c(=O)c(O)c2C3=O)O1. The van der Waals surface area contributed by atoms with Crippen LogP contribution in [0.25, 0.3) is 0 Å². The molecule has 0 aliphatic carbocycles. The number of carbonyl (C=O) groups is 2. The van der Waals surface area contributed by atoms with Gasteiger partial charge >= 0.3 is 0 Å². The average molecular weight is 534 g/mol. The molecule has 38 heavy (non-hydrogen) atoms. The van der Waals surface area contributed by atoms with Gasteiger partial charge in [0.15, 0.2) is 17.2 Å². The average Bonchev–Trinajstić information content (AvgIpc) is 3.22. The highest BCUT2D eigenvalue weighted by atomic mass is 19.1. The summed E-state index contributed by atoms with van der Waals surface area (Å²) in [5.41, 5.74) is -1.82. The van der Waals surface area contributed by atoms with Gasteiger partial charge in [-0.15, -0.1) is 0 Å². The van der Waals surface area contributed by atoms with Crippen molar-refractivity contribution in [2.24, 2.45) is 0 Å². The number of ether oxygens (including phenoxy) is 3. The molecule has 0 saturated carbocycles. The molecule has 2 bridgehead atoms. The quantitative estimate of drug-likeness (QED) is 0.604. The summed E-state index contributed by atoms with van der Waals surface area (Å²) in [4.78, 5) is 41.0. The Bertz CT molecular complexity index is 1340. The summed E-state index contributed by atoms with van der Waals surface area (Å²) in [5, 5.41) is 13.2. The lowest BCUT2D eigenvalue weighted by Gasteiger charge is -2.42. The summed E-state index contributed by atoms with van der Waals surface area (Å²) in [6, 6.07) is 1.36. The zero-order chi connectivity index (χ0) is 27.4. The summed E-state index contributed by atoms with van der Waals surface area (Å²) in [5.74, 6) is -5.27. The molecular weight excluding hydrogens is 504 g/mol. The van der Waals surface area contributed by atoms with Crippen LogP contribution in [0.3, 0.4) is 0 Å². The molecule has 0 unspecified atom stereocenters. The van der Waals surface area contributed by atoms with Gasteiger partial charge in [0.25, 0.3) is 11.8 Å². The lowest BCUT2D eigenvalue weighted by Crippen LogP contribution is -2.53. The molecule has 10 nitrogen and oxygen atoms in total. The second-order valence-corrected chi connectivity index (χ2v) is 10.0. The number of nitrogens with zero attached hydrogens (tertiary/aromatic N) is 2. The lowest BCUT2D eigenvalue weighted by molar-refractivity contribution is -0.205. The molecular formula is C26H29F2N3O7. The van der Waals surface area contributed by atoms with E-state index in [4.69, 9.17) is 14.2 Å². The molecule has 0 radical (unpaired) electrons. The van der Waals surface area contributed by atoms with E-state index < -0.39 is 58.6 Å². The predicted molar refractivity (Wildman–Crippen MR) is 129 cm³/mol. The third-order valence-electron chi connectivity index (χ3n) is 7.52. The first kappa shape index (κ1) is 26.3. The Balaban J connectivity index is 1.53. The first-order chi connectivity index (χ1) is 18.1. The Labute approximate surface area is 217 Å². The number of pyridine rings is 1. The van der Waals surface area contributed by atoms with Crippen LogP contribution in [0.4, 0.5) is 8.78 Å². The molecule has 2 amide bonds. The van der Waals surface area contributed by atoms with Crippen molar-refractivity contribution in [3.8, 4) is 5.75 Å². The highest BCUT2D eigenvalue weighted by molar-refractivity contribution is 5.99. The van der Waals surface area contributed by atoms with Crippen LogP contribution in [-0.4, -0.2) is 71.2 Å². The van der Waals surface area contributed by atoms with Gasteiger partial charge < -0.3 is 34.1 Å². The Kier molecular flexibility index (Phi) is 6.74.